The van der Waals surface area contributed by atoms with Crippen molar-refractivity contribution in [2.45, 2.75) is 43.3 Å². The maximum atomic E-state index is 12.3. The van der Waals surface area contributed by atoms with Gasteiger partial charge in [-0.25, -0.2) is 0 Å². The van der Waals surface area contributed by atoms with E-state index in [-0.39, 0.29) is 23.0 Å². The van der Waals surface area contributed by atoms with Gasteiger partial charge in [0.15, 0.2) is 0 Å². The summed E-state index contributed by atoms with van der Waals surface area (Å²) in [5.41, 5.74) is 0.834. The fourth-order valence-electron chi connectivity index (χ4n) is 2.43. The van der Waals surface area contributed by atoms with Gasteiger partial charge in [0, 0.05) is 11.4 Å². The topological polar surface area (TPSA) is 58.2 Å². The second kappa shape index (κ2) is 9.99. The number of para-hydroxylation sites is 1. The van der Waals surface area contributed by atoms with Crippen LogP contribution in [0.4, 0.5) is 5.69 Å². The average Bonchev–Trinajstić information content (AvgIpc) is 2.59. The lowest BCUT2D eigenvalue weighted by atomic mass is 10.1. The van der Waals surface area contributed by atoms with E-state index in [1.54, 1.807) is 0 Å². The molecule has 0 saturated heterocycles. The summed E-state index contributed by atoms with van der Waals surface area (Å²) < 4.78 is 0. The Labute approximate surface area is 152 Å². The SMILES string of the molecule is CCCCSCCCNC(=O)C(C)C1Sc2ccccc2NC1=O. The monoisotopic (exact) mass is 366 g/mol. The second-order valence-corrected chi connectivity index (χ2v) is 8.33. The standard InChI is InChI=1S/C18H26N2O2S2/c1-3-4-11-23-12-7-10-19-17(21)13(2)16-18(22)20-14-8-5-6-9-15(14)24-16/h5-6,8-9,13,16H,3-4,7,10-12H2,1-2H3,(H,19,21)(H,20,22). The molecule has 0 fully saturated rings. The van der Waals surface area contributed by atoms with E-state index < -0.39 is 0 Å². The second-order valence-electron chi connectivity index (χ2n) is 5.92. The number of carbonyl (C=O) groups excluding carboxylic acids is 2. The lowest BCUT2D eigenvalue weighted by molar-refractivity contribution is -0.127. The Bertz CT molecular complexity index is 566. The molecule has 1 aromatic carbocycles. The summed E-state index contributed by atoms with van der Waals surface area (Å²) in [7, 11) is 0. The first-order valence-corrected chi connectivity index (χ1v) is 10.6. The number of amides is 2. The highest BCUT2D eigenvalue weighted by molar-refractivity contribution is 8.01. The third-order valence-corrected chi connectivity index (χ3v) is 6.57. The van der Waals surface area contributed by atoms with Crippen LogP contribution in [0.15, 0.2) is 29.2 Å². The van der Waals surface area contributed by atoms with Crippen molar-refractivity contribution in [3.05, 3.63) is 24.3 Å². The summed E-state index contributed by atoms with van der Waals surface area (Å²) in [6, 6.07) is 7.71. The lowest BCUT2D eigenvalue weighted by Crippen LogP contribution is -2.42. The molecule has 0 aromatic heterocycles. The van der Waals surface area contributed by atoms with Gasteiger partial charge in [-0.1, -0.05) is 32.4 Å². The van der Waals surface area contributed by atoms with Crippen molar-refractivity contribution in [3.8, 4) is 0 Å². The number of nitrogens with one attached hydrogen (secondary N) is 2. The summed E-state index contributed by atoms with van der Waals surface area (Å²) in [5.74, 6) is 1.79. The molecular weight excluding hydrogens is 340 g/mol. The molecule has 2 atom stereocenters. The third kappa shape index (κ3) is 5.45. The zero-order valence-corrected chi connectivity index (χ0v) is 16.0. The molecule has 6 heteroatoms. The van der Waals surface area contributed by atoms with Gasteiger partial charge in [-0.2, -0.15) is 11.8 Å². The first-order valence-electron chi connectivity index (χ1n) is 8.55. The molecule has 0 aliphatic carbocycles. The largest absolute Gasteiger partial charge is 0.356 e. The van der Waals surface area contributed by atoms with Crippen LogP contribution in [0.5, 0.6) is 0 Å². The summed E-state index contributed by atoms with van der Waals surface area (Å²) in [5, 5.41) is 5.49. The Morgan fingerprint density at radius 1 is 1.33 bits per heavy atom. The van der Waals surface area contributed by atoms with Gasteiger partial charge in [0.25, 0.3) is 0 Å². The number of anilines is 1. The lowest BCUT2D eigenvalue weighted by Gasteiger charge is -2.27. The number of hydrogen-bond donors (Lipinski definition) is 2. The summed E-state index contributed by atoms with van der Waals surface area (Å²) in [4.78, 5) is 25.6. The van der Waals surface area contributed by atoms with Crippen LogP contribution >= 0.6 is 23.5 Å². The first kappa shape index (κ1) is 19.2. The van der Waals surface area contributed by atoms with E-state index in [1.165, 1.54) is 30.4 Å². The summed E-state index contributed by atoms with van der Waals surface area (Å²) in [6.45, 7) is 4.70. The quantitative estimate of drug-likeness (QED) is 0.653. The molecule has 2 unspecified atom stereocenters. The van der Waals surface area contributed by atoms with Gasteiger partial charge in [0.1, 0.15) is 0 Å². The minimum Gasteiger partial charge on any atom is -0.356 e. The molecule has 1 aliphatic heterocycles. The van der Waals surface area contributed by atoms with Crippen molar-refractivity contribution in [2.75, 3.05) is 23.4 Å². The molecule has 1 aliphatic rings. The summed E-state index contributed by atoms with van der Waals surface area (Å²) >= 11 is 3.42. The number of hydrogen-bond acceptors (Lipinski definition) is 4. The molecule has 2 amide bonds. The van der Waals surface area contributed by atoms with Crippen LogP contribution in [-0.2, 0) is 9.59 Å². The molecule has 132 valence electrons. The molecule has 24 heavy (non-hydrogen) atoms. The highest BCUT2D eigenvalue weighted by Crippen LogP contribution is 2.38. The van der Waals surface area contributed by atoms with Gasteiger partial charge in [-0.3, -0.25) is 9.59 Å². The number of fused-ring (bicyclic) bond motifs is 1. The van der Waals surface area contributed by atoms with Crippen molar-refractivity contribution in [2.24, 2.45) is 5.92 Å². The van der Waals surface area contributed by atoms with E-state index in [0.717, 1.165) is 22.8 Å². The Morgan fingerprint density at radius 3 is 2.88 bits per heavy atom. The van der Waals surface area contributed by atoms with E-state index in [0.29, 0.717) is 6.54 Å². The van der Waals surface area contributed by atoms with Crippen LogP contribution in [0.1, 0.15) is 33.1 Å². The normalized spacial score (nSPS) is 17.8. The van der Waals surface area contributed by atoms with Crippen LogP contribution in [0, 0.1) is 5.92 Å². The van der Waals surface area contributed by atoms with E-state index >= 15 is 0 Å². The molecule has 2 rings (SSSR count). The summed E-state index contributed by atoms with van der Waals surface area (Å²) in [6.07, 6.45) is 3.45. The average molecular weight is 367 g/mol. The molecule has 0 bridgehead atoms. The van der Waals surface area contributed by atoms with Gasteiger partial charge >= 0.3 is 0 Å². The predicted molar refractivity (Wildman–Crippen MR) is 104 cm³/mol. The zero-order valence-electron chi connectivity index (χ0n) is 14.3. The third-order valence-electron chi connectivity index (χ3n) is 3.93. The number of carbonyl (C=O) groups is 2. The Kier molecular flexibility index (Phi) is 7.99. The van der Waals surface area contributed by atoms with Crippen LogP contribution in [0.2, 0.25) is 0 Å². The molecule has 1 heterocycles. The van der Waals surface area contributed by atoms with Crippen molar-refractivity contribution < 1.29 is 9.59 Å². The fourth-order valence-corrected chi connectivity index (χ4v) is 4.64. The van der Waals surface area contributed by atoms with Gasteiger partial charge in [-0.15, -0.1) is 11.8 Å². The maximum absolute atomic E-state index is 12.3. The zero-order chi connectivity index (χ0) is 17.4. The number of rotatable bonds is 9. The highest BCUT2D eigenvalue weighted by Gasteiger charge is 2.34. The number of thioether (sulfide) groups is 2. The van der Waals surface area contributed by atoms with Gasteiger partial charge in [0.05, 0.1) is 16.9 Å². The molecule has 0 radical (unpaired) electrons. The van der Waals surface area contributed by atoms with E-state index in [9.17, 15) is 9.59 Å². The first-order chi connectivity index (χ1) is 11.6. The van der Waals surface area contributed by atoms with Gasteiger partial charge in [-0.05, 0) is 36.5 Å². The minimum atomic E-state index is -0.376. The van der Waals surface area contributed by atoms with Crippen LogP contribution in [-0.4, -0.2) is 35.1 Å². The van der Waals surface area contributed by atoms with Crippen LogP contribution < -0.4 is 10.6 Å². The predicted octanol–water partition coefficient (Wildman–Crippen LogP) is 3.78. The molecule has 1 aromatic rings. The van der Waals surface area contributed by atoms with Crippen molar-refractivity contribution >= 4 is 41.0 Å². The maximum Gasteiger partial charge on any atom is 0.238 e. The smallest absolute Gasteiger partial charge is 0.238 e. The highest BCUT2D eigenvalue weighted by atomic mass is 32.2. The van der Waals surface area contributed by atoms with Crippen LogP contribution in [0.3, 0.4) is 0 Å². The molecule has 0 saturated carbocycles. The minimum absolute atomic E-state index is 0.0411. The van der Waals surface area contributed by atoms with Gasteiger partial charge < -0.3 is 10.6 Å². The van der Waals surface area contributed by atoms with E-state index in [2.05, 4.69) is 17.6 Å². The Morgan fingerprint density at radius 2 is 2.08 bits per heavy atom. The molecule has 2 N–H and O–H groups in total. The Hall–Kier alpha value is -1.14. The van der Waals surface area contributed by atoms with Crippen molar-refractivity contribution in [3.63, 3.8) is 0 Å². The van der Waals surface area contributed by atoms with Crippen LogP contribution in [0.25, 0.3) is 0 Å². The van der Waals surface area contributed by atoms with E-state index in [4.69, 9.17) is 0 Å². The molecule has 4 nitrogen and oxygen atoms in total. The Balaban J connectivity index is 1.76. The fraction of sp³-hybridized carbons (Fsp3) is 0.556. The number of unbranched alkanes of at least 4 members (excludes halogenated alkanes) is 1. The van der Waals surface area contributed by atoms with Crippen molar-refractivity contribution in [1.29, 1.82) is 0 Å². The number of benzene rings is 1. The van der Waals surface area contributed by atoms with E-state index in [1.807, 2.05) is 43.0 Å². The molecule has 0 spiro atoms. The molecular formula is C18H26N2O2S2. The van der Waals surface area contributed by atoms with Gasteiger partial charge in [0.2, 0.25) is 11.8 Å². The van der Waals surface area contributed by atoms with Crippen molar-refractivity contribution in [1.82, 2.24) is 5.32 Å².